The highest BCUT2D eigenvalue weighted by Gasteiger charge is 2.18. The fraction of sp³-hybridized carbons (Fsp3) is 0.818. The summed E-state index contributed by atoms with van der Waals surface area (Å²) in [6, 6.07) is 0. The van der Waals surface area contributed by atoms with Gasteiger partial charge in [0.05, 0.1) is 0 Å². The fourth-order valence-corrected chi connectivity index (χ4v) is 1.27. The Morgan fingerprint density at radius 1 is 1.47 bits per heavy atom. The number of esters is 1. The van der Waals surface area contributed by atoms with Gasteiger partial charge >= 0.3 is 5.97 Å². The minimum absolute atomic E-state index is 0.120. The van der Waals surface area contributed by atoms with Crippen LogP contribution in [0.3, 0.4) is 0 Å². The summed E-state index contributed by atoms with van der Waals surface area (Å²) in [5, 5.41) is 0. The largest absolute Gasteiger partial charge is 0.460 e. The average molecular weight is 215 g/mol. The van der Waals surface area contributed by atoms with E-state index in [9.17, 15) is 9.59 Å². The van der Waals surface area contributed by atoms with Crippen LogP contribution in [-0.4, -0.2) is 36.5 Å². The SMILES string of the molecule is CC(CC(=O)OC(C)(C)C)CN(C)C=O. The van der Waals surface area contributed by atoms with Crippen molar-refractivity contribution in [1.29, 1.82) is 0 Å². The summed E-state index contributed by atoms with van der Waals surface area (Å²) < 4.78 is 5.18. The molecular weight excluding hydrogens is 194 g/mol. The first-order valence-corrected chi connectivity index (χ1v) is 5.12. The molecule has 0 saturated carbocycles. The number of nitrogens with zero attached hydrogens (tertiary/aromatic N) is 1. The molecule has 0 heterocycles. The van der Waals surface area contributed by atoms with Crippen LogP contribution in [0, 0.1) is 5.92 Å². The Hall–Kier alpha value is -1.06. The van der Waals surface area contributed by atoms with Crippen LogP contribution >= 0.6 is 0 Å². The van der Waals surface area contributed by atoms with E-state index >= 15 is 0 Å². The average Bonchev–Trinajstić information content (AvgIpc) is 1.99. The highest BCUT2D eigenvalue weighted by atomic mass is 16.6. The minimum atomic E-state index is -0.437. The van der Waals surface area contributed by atoms with E-state index in [1.165, 1.54) is 4.90 Å². The van der Waals surface area contributed by atoms with Crippen LogP contribution in [0.4, 0.5) is 0 Å². The third-order valence-electron chi connectivity index (χ3n) is 1.71. The Balaban J connectivity index is 3.91. The van der Waals surface area contributed by atoms with Gasteiger partial charge in [0, 0.05) is 20.0 Å². The zero-order valence-electron chi connectivity index (χ0n) is 10.2. The first kappa shape index (κ1) is 13.9. The van der Waals surface area contributed by atoms with Crippen LogP contribution in [0.15, 0.2) is 0 Å². The lowest BCUT2D eigenvalue weighted by atomic mass is 10.1. The van der Waals surface area contributed by atoms with Crippen molar-refractivity contribution in [1.82, 2.24) is 4.90 Å². The van der Waals surface area contributed by atoms with Crippen molar-refractivity contribution in [3.05, 3.63) is 0 Å². The Kier molecular flexibility index (Phi) is 5.33. The molecule has 1 unspecified atom stereocenters. The maximum Gasteiger partial charge on any atom is 0.306 e. The van der Waals surface area contributed by atoms with Crippen LogP contribution in [0.2, 0.25) is 0 Å². The Morgan fingerprint density at radius 3 is 2.40 bits per heavy atom. The molecule has 4 nitrogen and oxygen atoms in total. The zero-order chi connectivity index (χ0) is 12.1. The monoisotopic (exact) mass is 215 g/mol. The molecule has 0 radical (unpaired) electrons. The summed E-state index contributed by atoms with van der Waals surface area (Å²) in [5.74, 6) is -0.0932. The third kappa shape index (κ3) is 7.97. The second-order valence-corrected chi connectivity index (χ2v) is 4.94. The molecule has 0 aliphatic carbocycles. The number of hydrogen-bond acceptors (Lipinski definition) is 3. The molecule has 0 saturated heterocycles. The summed E-state index contributed by atoms with van der Waals surface area (Å²) in [5.41, 5.74) is -0.437. The molecule has 15 heavy (non-hydrogen) atoms. The van der Waals surface area contributed by atoms with Crippen molar-refractivity contribution in [2.24, 2.45) is 5.92 Å². The topological polar surface area (TPSA) is 46.6 Å². The predicted molar refractivity (Wildman–Crippen MR) is 58.3 cm³/mol. The minimum Gasteiger partial charge on any atom is -0.460 e. The number of amides is 1. The van der Waals surface area contributed by atoms with Crippen LogP contribution in [0.1, 0.15) is 34.1 Å². The van der Waals surface area contributed by atoms with Crippen molar-refractivity contribution >= 4 is 12.4 Å². The van der Waals surface area contributed by atoms with Gasteiger partial charge < -0.3 is 9.64 Å². The molecule has 0 aromatic rings. The molecule has 0 aliphatic heterocycles. The van der Waals surface area contributed by atoms with Gasteiger partial charge in [-0.1, -0.05) is 6.92 Å². The normalized spacial score (nSPS) is 13.1. The second-order valence-electron chi connectivity index (χ2n) is 4.94. The van der Waals surface area contributed by atoms with Gasteiger partial charge in [-0.2, -0.15) is 0 Å². The van der Waals surface area contributed by atoms with Gasteiger partial charge in [-0.3, -0.25) is 9.59 Å². The highest BCUT2D eigenvalue weighted by Crippen LogP contribution is 2.11. The highest BCUT2D eigenvalue weighted by molar-refractivity contribution is 5.70. The Labute approximate surface area is 91.6 Å². The molecule has 0 bridgehead atoms. The van der Waals surface area contributed by atoms with Crippen molar-refractivity contribution in [2.75, 3.05) is 13.6 Å². The quantitative estimate of drug-likeness (QED) is 0.515. The van der Waals surface area contributed by atoms with Gasteiger partial charge in [0.25, 0.3) is 0 Å². The Morgan fingerprint density at radius 2 is 2.00 bits per heavy atom. The number of rotatable bonds is 5. The lowest BCUT2D eigenvalue weighted by Gasteiger charge is -2.22. The van der Waals surface area contributed by atoms with Crippen LogP contribution < -0.4 is 0 Å². The molecular formula is C11H21NO3. The maximum atomic E-state index is 11.4. The molecule has 0 spiro atoms. The second kappa shape index (κ2) is 5.73. The van der Waals surface area contributed by atoms with E-state index in [2.05, 4.69) is 0 Å². The lowest BCUT2D eigenvalue weighted by molar-refractivity contribution is -0.156. The summed E-state index contributed by atoms with van der Waals surface area (Å²) >= 11 is 0. The van der Waals surface area contributed by atoms with Crippen molar-refractivity contribution in [3.8, 4) is 0 Å². The molecule has 0 aromatic heterocycles. The van der Waals surface area contributed by atoms with Crippen molar-refractivity contribution in [2.45, 2.75) is 39.7 Å². The van der Waals surface area contributed by atoms with Gasteiger partial charge in [0.15, 0.2) is 0 Å². The van der Waals surface area contributed by atoms with E-state index in [0.717, 1.165) is 6.41 Å². The first-order valence-electron chi connectivity index (χ1n) is 5.12. The fourth-order valence-electron chi connectivity index (χ4n) is 1.27. The molecule has 0 N–H and O–H groups in total. The van der Waals surface area contributed by atoms with Crippen molar-refractivity contribution < 1.29 is 14.3 Å². The molecule has 1 amide bonds. The standard InChI is InChI=1S/C11H21NO3/c1-9(7-12(5)8-13)6-10(14)15-11(2,3)4/h8-9H,6-7H2,1-5H3. The number of ether oxygens (including phenoxy) is 1. The summed E-state index contributed by atoms with van der Waals surface area (Å²) in [7, 11) is 1.69. The van der Waals surface area contributed by atoms with Gasteiger partial charge in [-0.15, -0.1) is 0 Å². The summed E-state index contributed by atoms with van der Waals surface area (Å²) in [6.45, 7) is 8.01. The molecule has 0 aromatic carbocycles. The molecule has 0 aliphatic rings. The van der Waals surface area contributed by atoms with E-state index in [1.54, 1.807) is 7.05 Å². The zero-order valence-corrected chi connectivity index (χ0v) is 10.2. The number of carbonyl (C=O) groups excluding carboxylic acids is 2. The molecule has 1 atom stereocenters. The van der Waals surface area contributed by atoms with Gasteiger partial charge in [-0.25, -0.2) is 0 Å². The van der Waals surface area contributed by atoms with E-state index < -0.39 is 5.60 Å². The Bertz CT molecular complexity index is 220. The lowest BCUT2D eigenvalue weighted by Crippen LogP contribution is -2.28. The molecule has 0 rings (SSSR count). The predicted octanol–water partition coefficient (Wildman–Crippen LogP) is 1.44. The van der Waals surface area contributed by atoms with Crippen molar-refractivity contribution in [3.63, 3.8) is 0 Å². The summed E-state index contributed by atoms with van der Waals surface area (Å²) in [4.78, 5) is 23.3. The molecule has 4 heteroatoms. The van der Waals surface area contributed by atoms with Gasteiger partial charge in [0.1, 0.15) is 5.60 Å². The number of carbonyl (C=O) groups is 2. The maximum absolute atomic E-state index is 11.4. The van der Waals surface area contributed by atoms with Gasteiger partial charge in [0.2, 0.25) is 6.41 Å². The van der Waals surface area contributed by atoms with Gasteiger partial charge in [-0.05, 0) is 26.7 Å². The number of hydrogen-bond donors (Lipinski definition) is 0. The molecule has 0 fully saturated rings. The summed E-state index contributed by atoms with van der Waals surface area (Å²) in [6.07, 6.45) is 1.10. The van der Waals surface area contributed by atoms with Crippen LogP contribution in [-0.2, 0) is 14.3 Å². The molecule has 88 valence electrons. The third-order valence-corrected chi connectivity index (χ3v) is 1.71. The smallest absolute Gasteiger partial charge is 0.306 e. The van der Waals surface area contributed by atoms with Crippen LogP contribution in [0.5, 0.6) is 0 Å². The van der Waals surface area contributed by atoms with E-state index in [4.69, 9.17) is 4.74 Å². The van der Waals surface area contributed by atoms with E-state index in [0.29, 0.717) is 13.0 Å². The van der Waals surface area contributed by atoms with Crippen LogP contribution in [0.25, 0.3) is 0 Å². The van der Waals surface area contributed by atoms with E-state index in [1.807, 2.05) is 27.7 Å². The van der Waals surface area contributed by atoms with E-state index in [-0.39, 0.29) is 11.9 Å². The first-order chi connectivity index (χ1) is 6.74.